The van der Waals surface area contributed by atoms with Gasteiger partial charge in [0.1, 0.15) is 12.4 Å². The van der Waals surface area contributed by atoms with Gasteiger partial charge >= 0.3 is 0 Å². The van der Waals surface area contributed by atoms with Gasteiger partial charge in [0.2, 0.25) is 0 Å². The van der Waals surface area contributed by atoms with E-state index in [0.29, 0.717) is 37.7 Å². The third kappa shape index (κ3) is 6.06. The van der Waals surface area contributed by atoms with E-state index in [2.05, 4.69) is 26.5 Å². The van der Waals surface area contributed by atoms with E-state index in [-0.39, 0.29) is 18.3 Å². The molecule has 0 spiro atoms. The van der Waals surface area contributed by atoms with E-state index in [0.717, 1.165) is 5.56 Å². The van der Waals surface area contributed by atoms with E-state index in [1.165, 1.54) is 25.5 Å². The van der Waals surface area contributed by atoms with Crippen LogP contribution in [0.3, 0.4) is 0 Å². The monoisotopic (exact) mass is 504 g/mol. The maximum absolute atomic E-state index is 13.4. The van der Waals surface area contributed by atoms with Crippen molar-refractivity contribution >= 4 is 39.7 Å². The number of aryl methyl sites for hydroxylation is 1. The minimum absolute atomic E-state index is 0.176. The van der Waals surface area contributed by atoms with Crippen molar-refractivity contribution in [3.63, 3.8) is 0 Å². The van der Waals surface area contributed by atoms with Gasteiger partial charge in [-0.1, -0.05) is 29.8 Å². The minimum Gasteiger partial charge on any atom is -0.493 e. The number of rotatable bonds is 7. The maximum atomic E-state index is 13.4. The molecule has 5 nitrogen and oxygen atoms in total. The summed E-state index contributed by atoms with van der Waals surface area (Å²) < 4.78 is 25.2. The minimum atomic E-state index is -0.376. The molecule has 0 aliphatic rings. The summed E-state index contributed by atoms with van der Waals surface area (Å²) in [5.74, 6) is 0.235. The molecule has 3 rings (SSSR count). The number of methoxy groups -OCH3 is 1. The number of carbonyl (C=O) groups excluding carboxylic acids is 1. The Morgan fingerprint density at radius 1 is 1.23 bits per heavy atom. The van der Waals surface area contributed by atoms with Crippen LogP contribution in [0.2, 0.25) is 5.02 Å². The molecule has 1 amide bonds. The Kier molecular flexibility index (Phi) is 7.65. The molecule has 0 aliphatic carbocycles. The van der Waals surface area contributed by atoms with E-state index in [4.69, 9.17) is 21.1 Å². The van der Waals surface area contributed by atoms with Crippen LogP contribution in [-0.4, -0.2) is 19.2 Å². The summed E-state index contributed by atoms with van der Waals surface area (Å²) in [5.41, 5.74) is 5.13. The summed E-state index contributed by atoms with van der Waals surface area (Å²) in [5, 5.41) is 4.51. The van der Waals surface area contributed by atoms with Gasteiger partial charge in [0, 0.05) is 10.6 Å². The highest BCUT2D eigenvalue weighted by Crippen LogP contribution is 2.36. The zero-order valence-electron chi connectivity index (χ0n) is 16.8. The van der Waals surface area contributed by atoms with E-state index < -0.39 is 0 Å². The zero-order chi connectivity index (χ0) is 22.4. The normalized spacial score (nSPS) is 10.9. The first-order valence-electron chi connectivity index (χ1n) is 9.21. The fraction of sp³-hybridized carbons (Fsp3) is 0.130. The van der Waals surface area contributed by atoms with Crippen LogP contribution < -0.4 is 14.9 Å². The highest BCUT2D eigenvalue weighted by molar-refractivity contribution is 9.10. The number of carbonyl (C=O) groups is 1. The molecule has 0 aromatic heterocycles. The Morgan fingerprint density at radius 2 is 2.03 bits per heavy atom. The van der Waals surface area contributed by atoms with Gasteiger partial charge in [-0.25, -0.2) is 9.82 Å². The molecule has 3 aromatic carbocycles. The molecule has 160 valence electrons. The molecular formula is C23H19BrClFN2O3. The van der Waals surface area contributed by atoms with Gasteiger partial charge in [-0.2, -0.15) is 5.10 Å². The van der Waals surface area contributed by atoms with Crippen molar-refractivity contribution in [1.29, 1.82) is 0 Å². The number of hydrogen-bond acceptors (Lipinski definition) is 4. The van der Waals surface area contributed by atoms with Crippen LogP contribution in [0.15, 0.2) is 64.2 Å². The van der Waals surface area contributed by atoms with Crippen molar-refractivity contribution in [3.8, 4) is 11.5 Å². The van der Waals surface area contributed by atoms with Crippen molar-refractivity contribution in [2.45, 2.75) is 13.5 Å². The van der Waals surface area contributed by atoms with E-state index in [1.807, 2.05) is 6.92 Å². The van der Waals surface area contributed by atoms with Gasteiger partial charge < -0.3 is 9.47 Å². The number of nitrogens with zero attached hydrogens (tertiary/aromatic N) is 1. The summed E-state index contributed by atoms with van der Waals surface area (Å²) in [6, 6.07) is 14.7. The third-order valence-electron chi connectivity index (χ3n) is 4.34. The highest BCUT2D eigenvalue weighted by atomic mass is 79.9. The van der Waals surface area contributed by atoms with Crippen LogP contribution in [0.1, 0.15) is 27.0 Å². The fourth-order valence-corrected chi connectivity index (χ4v) is 3.46. The van der Waals surface area contributed by atoms with Crippen LogP contribution in [-0.2, 0) is 6.61 Å². The van der Waals surface area contributed by atoms with Gasteiger partial charge in [-0.15, -0.1) is 0 Å². The summed E-state index contributed by atoms with van der Waals surface area (Å²) in [6.07, 6.45) is 1.48. The molecular weight excluding hydrogens is 487 g/mol. The second kappa shape index (κ2) is 10.4. The lowest BCUT2D eigenvalue weighted by atomic mass is 10.1. The van der Waals surface area contributed by atoms with E-state index >= 15 is 0 Å². The maximum Gasteiger partial charge on any atom is 0.271 e. The lowest BCUT2D eigenvalue weighted by Gasteiger charge is -2.13. The Bertz CT molecular complexity index is 1140. The van der Waals surface area contributed by atoms with Gasteiger partial charge in [0.15, 0.2) is 11.5 Å². The second-order valence-electron chi connectivity index (χ2n) is 6.62. The lowest BCUT2D eigenvalue weighted by molar-refractivity contribution is 0.0955. The number of halogens is 3. The average molecular weight is 506 g/mol. The van der Waals surface area contributed by atoms with Crippen molar-refractivity contribution in [3.05, 3.63) is 92.2 Å². The van der Waals surface area contributed by atoms with Crippen LogP contribution in [0.25, 0.3) is 0 Å². The van der Waals surface area contributed by atoms with Crippen LogP contribution in [0.5, 0.6) is 11.5 Å². The predicted molar refractivity (Wildman–Crippen MR) is 123 cm³/mol. The largest absolute Gasteiger partial charge is 0.493 e. The van der Waals surface area contributed by atoms with Crippen molar-refractivity contribution in [2.24, 2.45) is 5.10 Å². The summed E-state index contributed by atoms with van der Waals surface area (Å²) in [4.78, 5) is 12.2. The summed E-state index contributed by atoms with van der Waals surface area (Å²) in [6.45, 7) is 2.04. The Hall–Kier alpha value is -2.90. The standard InChI is InChI=1S/C23H19BrClFN2O3/c1-14-6-7-17(11-20(14)25)23(29)28-27-12-16-9-19(24)22(21(10-16)30-2)31-13-15-4-3-5-18(26)8-15/h3-12H,13H2,1-2H3,(H,28,29)/b27-12-. The second-order valence-corrected chi connectivity index (χ2v) is 7.88. The Labute approximate surface area is 193 Å². The number of ether oxygens (including phenoxy) is 2. The Balaban J connectivity index is 1.69. The number of hydrazone groups is 1. The zero-order valence-corrected chi connectivity index (χ0v) is 19.1. The first-order chi connectivity index (χ1) is 14.9. The predicted octanol–water partition coefficient (Wildman–Crippen LogP) is 5.90. The topological polar surface area (TPSA) is 59.9 Å². The van der Waals surface area contributed by atoms with Gasteiger partial charge in [-0.3, -0.25) is 4.79 Å². The highest BCUT2D eigenvalue weighted by Gasteiger charge is 2.12. The number of nitrogens with one attached hydrogen (secondary N) is 1. The molecule has 0 bridgehead atoms. The SMILES string of the molecule is COc1cc(/C=N\NC(=O)c2ccc(C)c(Cl)c2)cc(Br)c1OCc1cccc(F)c1. The number of amides is 1. The third-order valence-corrected chi connectivity index (χ3v) is 5.33. The van der Waals surface area contributed by atoms with Gasteiger partial charge in [-0.05, 0) is 75.9 Å². The molecule has 1 N–H and O–H groups in total. The van der Waals surface area contributed by atoms with Crippen molar-refractivity contribution < 1.29 is 18.7 Å². The molecule has 0 atom stereocenters. The van der Waals surface area contributed by atoms with Gasteiger partial charge in [0.25, 0.3) is 5.91 Å². The molecule has 0 fully saturated rings. The van der Waals surface area contributed by atoms with E-state index in [1.54, 1.807) is 42.5 Å². The Morgan fingerprint density at radius 3 is 2.74 bits per heavy atom. The molecule has 0 aliphatic heterocycles. The quantitative estimate of drug-likeness (QED) is 0.321. The molecule has 0 heterocycles. The van der Waals surface area contributed by atoms with Crippen molar-refractivity contribution in [2.75, 3.05) is 7.11 Å². The number of benzene rings is 3. The molecule has 0 unspecified atom stereocenters. The summed E-state index contributed by atoms with van der Waals surface area (Å²) >= 11 is 9.51. The number of hydrogen-bond donors (Lipinski definition) is 1. The summed E-state index contributed by atoms with van der Waals surface area (Å²) in [7, 11) is 1.51. The lowest BCUT2D eigenvalue weighted by Crippen LogP contribution is -2.17. The first-order valence-corrected chi connectivity index (χ1v) is 10.4. The van der Waals surface area contributed by atoms with E-state index in [9.17, 15) is 9.18 Å². The molecule has 0 radical (unpaired) electrons. The van der Waals surface area contributed by atoms with Gasteiger partial charge in [0.05, 0.1) is 17.8 Å². The molecule has 8 heteroatoms. The van der Waals surface area contributed by atoms with Crippen molar-refractivity contribution in [1.82, 2.24) is 5.43 Å². The van der Waals surface area contributed by atoms with Crippen LogP contribution >= 0.6 is 27.5 Å². The average Bonchev–Trinajstić information content (AvgIpc) is 2.74. The van der Waals surface area contributed by atoms with Crippen LogP contribution in [0, 0.1) is 12.7 Å². The first kappa shape index (κ1) is 22.8. The smallest absolute Gasteiger partial charge is 0.271 e. The van der Waals surface area contributed by atoms with Crippen LogP contribution in [0.4, 0.5) is 4.39 Å². The molecule has 31 heavy (non-hydrogen) atoms. The molecule has 0 saturated heterocycles. The molecule has 0 saturated carbocycles. The molecule has 3 aromatic rings. The fourth-order valence-electron chi connectivity index (χ4n) is 2.70.